The van der Waals surface area contributed by atoms with E-state index in [1.807, 2.05) is 0 Å². The normalized spacial score (nSPS) is 23.6. The molecule has 94 valence electrons. The molecule has 2 nitrogen and oxygen atoms in total. The van der Waals surface area contributed by atoms with Crippen LogP contribution in [0, 0.1) is 0 Å². The Morgan fingerprint density at radius 2 is 2.18 bits per heavy atom. The van der Waals surface area contributed by atoms with E-state index in [2.05, 4.69) is 52.0 Å². The minimum Gasteiger partial charge on any atom is -0.327 e. The molecule has 2 N–H and O–H groups in total. The van der Waals surface area contributed by atoms with Gasteiger partial charge in [0.1, 0.15) is 0 Å². The third kappa shape index (κ3) is 3.30. The predicted molar refractivity (Wildman–Crippen MR) is 75.8 cm³/mol. The highest BCUT2D eigenvalue weighted by molar-refractivity contribution is 9.10. The number of likely N-dealkylation sites (tertiary alicyclic amines) is 1. The van der Waals surface area contributed by atoms with Crippen LogP contribution in [0.25, 0.3) is 0 Å². The van der Waals surface area contributed by atoms with Gasteiger partial charge in [-0.15, -0.1) is 0 Å². The van der Waals surface area contributed by atoms with E-state index in [4.69, 9.17) is 5.73 Å². The Balaban J connectivity index is 2.08. The quantitative estimate of drug-likeness (QED) is 0.928. The summed E-state index contributed by atoms with van der Waals surface area (Å²) in [6.07, 6.45) is 3.86. The van der Waals surface area contributed by atoms with Crippen molar-refractivity contribution in [3.63, 3.8) is 0 Å². The monoisotopic (exact) mass is 296 g/mol. The van der Waals surface area contributed by atoms with Crippen LogP contribution in [-0.2, 0) is 6.54 Å². The van der Waals surface area contributed by atoms with Crippen LogP contribution >= 0.6 is 15.9 Å². The Morgan fingerprint density at radius 3 is 2.88 bits per heavy atom. The van der Waals surface area contributed by atoms with Gasteiger partial charge in [-0.05, 0) is 37.9 Å². The summed E-state index contributed by atoms with van der Waals surface area (Å²) in [5, 5.41) is 0. The summed E-state index contributed by atoms with van der Waals surface area (Å²) >= 11 is 3.62. The molecule has 0 bridgehead atoms. The van der Waals surface area contributed by atoms with Crippen molar-refractivity contribution in [3.05, 3.63) is 34.3 Å². The lowest BCUT2D eigenvalue weighted by Gasteiger charge is -2.38. The minimum atomic E-state index is 0.262. The van der Waals surface area contributed by atoms with Crippen LogP contribution in [0.3, 0.4) is 0 Å². The molecule has 1 aromatic rings. The number of benzene rings is 1. The highest BCUT2D eigenvalue weighted by Crippen LogP contribution is 2.24. The molecular formula is C14H21BrN2. The van der Waals surface area contributed by atoms with Gasteiger partial charge in [0.15, 0.2) is 0 Å². The van der Waals surface area contributed by atoms with Crippen LogP contribution in [0.4, 0.5) is 0 Å². The molecule has 1 aliphatic heterocycles. The van der Waals surface area contributed by atoms with E-state index in [0.717, 1.165) is 6.54 Å². The smallest absolute Gasteiger partial charge is 0.0248 e. The van der Waals surface area contributed by atoms with Gasteiger partial charge in [-0.3, -0.25) is 4.90 Å². The van der Waals surface area contributed by atoms with E-state index in [9.17, 15) is 0 Å². The van der Waals surface area contributed by atoms with Crippen molar-refractivity contribution in [2.75, 3.05) is 6.54 Å². The lowest BCUT2D eigenvalue weighted by Crippen LogP contribution is -2.48. The van der Waals surface area contributed by atoms with Gasteiger partial charge >= 0.3 is 0 Å². The summed E-state index contributed by atoms with van der Waals surface area (Å²) in [6, 6.07) is 9.27. The molecule has 1 aromatic carbocycles. The highest BCUT2D eigenvalue weighted by atomic mass is 79.9. The van der Waals surface area contributed by atoms with Crippen molar-refractivity contribution in [3.8, 4) is 0 Å². The molecule has 0 aliphatic carbocycles. The molecule has 1 fully saturated rings. The van der Waals surface area contributed by atoms with Crippen molar-refractivity contribution in [1.29, 1.82) is 0 Å². The molecule has 0 spiro atoms. The number of halogens is 1. The molecule has 0 radical (unpaired) electrons. The van der Waals surface area contributed by atoms with E-state index >= 15 is 0 Å². The maximum atomic E-state index is 6.10. The molecule has 17 heavy (non-hydrogen) atoms. The molecule has 0 aromatic heterocycles. The topological polar surface area (TPSA) is 29.3 Å². The second kappa shape index (κ2) is 5.98. The molecule has 2 atom stereocenters. The number of hydrogen-bond acceptors (Lipinski definition) is 2. The van der Waals surface area contributed by atoms with Crippen LogP contribution < -0.4 is 5.73 Å². The van der Waals surface area contributed by atoms with Crippen molar-refractivity contribution in [2.24, 2.45) is 5.73 Å². The maximum Gasteiger partial charge on any atom is 0.0248 e. The van der Waals surface area contributed by atoms with E-state index in [1.54, 1.807) is 0 Å². The zero-order chi connectivity index (χ0) is 12.3. The average molecular weight is 297 g/mol. The first-order valence-corrected chi connectivity index (χ1v) is 7.21. The molecular weight excluding hydrogens is 276 g/mol. The molecule has 1 saturated heterocycles. The van der Waals surface area contributed by atoms with Gasteiger partial charge in [0.2, 0.25) is 0 Å². The van der Waals surface area contributed by atoms with Gasteiger partial charge in [-0.25, -0.2) is 0 Å². The molecule has 1 aliphatic rings. The Kier molecular flexibility index (Phi) is 4.60. The molecule has 3 heteroatoms. The van der Waals surface area contributed by atoms with Gasteiger partial charge in [0.05, 0.1) is 0 Å². The Morgan fingerprint density at radius 1 is 1.41 bits per heavy atom. The first-order chi connectivity index (χ1) is 8.18. The van der Waals surface area contributed by atoms with Crippen molar-refractivity contribution < 1.29 is 0 Å². The standard InChI is InChI=1S/C14H21BrN2/c1-11(16)14-8-4-5-9-17(14)10-12-6-2-3-7-13(12)15/h2-3,6-7,11,14H,4-5,8-10,16H2,1H3. The predicted octanol–water partition coefficient (Wildman–Crippen LogP) is 3.15. The third-order valence-electron chi connectivity index (χ3n) is 3.60. The number of hydrogen-bond donors (Lipinski definition) is 1. The number of nitrogens with zero attached hydrogens (tertiary/aromatic N) is 1. The van der Waals surface area contributed by atoms with Crippen LogP contribution in [0.1, 0.15) is 31.7 Å². The SMILES string of the molecule is CC(N)C1CCCCN1Cc1ccccc1Br. The second-order valence-corrected chi connectivity index (χ2v) is 5.84. The maximum absolute atomic E-state index is 6.10. The lowest BCUT2D eigenvalue weighted by molar-refractivity contribution is 0.123. The molecule has 2 rings (SSSR count). The largest absolute Gasteiger partial charge is 0.327 e. The third-order valence-corrected chi connectivity index (χ3v) is 4.38. The zero-order valence-corrected chi connectivity index (χ0v) is 12.0. The number of piperidine rings is 1. The summed E-state index contributed by atoms with van der Waals surface area (Å²) in [4.78, 5) is 2.54. The first kappa shape index (κ1) is 13.1. The zero-order valence-electron chi connectivity index (χ0n) is 10.4. The van der Waals surface area contributed by atoms with Gasteiger partial charge in [0, 0.05) is 23.1 Å². The lowest BCUT2D eigenvalue weighted by atomic mass is 9.96. The van der Waals surface area contributed by atoms with Gasteiger partial charge in [-0.1, -0.05) is 40.5 Å². The Hall–Kier alpha value is -0.380. The van der Waals surface area contributed by atoms with Crippen LogP contribution in [0.2, 0.25) is 0 Å². The molecule has 0 saturated carbocycles. The Labute approximate surface area is 112 Å². The van der Waals surface area contributed by atoms with Crippen LogP contribution in [0.15, 0.2) is 28.7 Å². The summed E-state index contributed by atoms with van der Waals surface area (Å²) < 4.78 is 1.20. The number of nitrogens with two attached hydrogens (primary N) is 1. The van der Waals surface area contributed by atoms with Gasteiger partial charge < -0.3 is 5.73 Å². The van der Waals surface area contributed by atoms with Gasteiger partial charge in [0.25, 0.3) is 0 Å². The fraction of sp³-hybridized carbons (Fsp3) is 0.571. The van der Waals surface area contributed by atoms with Crippen molar-refractivity contribution in [2.45, 2.75) is 44.8 Å². The summed E-state index contributed by atoms with van der Waals surface area (Å²) in [5.74, 6) is 0. The molecule has 2 unspecified atom stereocenters. The summed E-state index contributed by atoms with van der Waals surface area (Å²) in [6.45, 7) is 4.31. The first-order valence-electron chi connectivity index (χ1n) is 6.41. The second-order valence-electron chi connectivity index (χ2n) is 4.98. The minimum absolute atomic E-state index is 0.262. The summed E-state index contributed by atoms with van der Waals surface area (Å²) in [5.41, 5.74) is 7.46. The molecule has 1 heterocycles. The van der Waals surface area contributed by atoms with Crippen LogP contribution in [-0.4, -0.2) is 23.5 Å². The van der Waals surface area contributed by atoms with Crippen molar-refractivity contribution >= 4 is 15.9 Å². The van der Waals surface area contributed by atoms with Gasteiger partial charge in [-0.2, -0.15) is 0 Å². The fourth-order valence-electron chi connectivity index (χ4n) is 2.65. The fourth-order valence-corrected chi connectivity index (χ4v) is 3.06. The summed E-state index contributed by atoms with van der Waals surface area (Å²) in [7, 11) is 0. The number of rotatable bonds is 3. The molecule has 0 amide bonds. The Bertz CT molecular complexity index is 365. The highest BCUT2D eigenvalue weighted by Gasteiger charge is 2.25. The van der Waals surface area contributed by atoms with E-state index in [-0.39, 0.29) is 6.04 Å². The van der Waals surface area contributed by atoms with E-state index in [1.165, 1.54) is 35.8 Å². The van der Waals surface area contributed by atoms with Crippen LogP contribution in [0.5, 0.6) is 0 Å². The van der Waals surface area contributed by atoms with Crippen molar-refractivity contribution in [1.82, 2.24) is 4.90 Å². The average Bonchev–Trinajstić information content (AvgIpc) is 2.32. The van der Waals surface area contributed by atoms with E-state index in [0.29, 0.717) is 6.04 Å². The van der Waals surface area contributed by atoms with E-state index < -0.39 is 0 Å².